The van der Waals surface area contributed by atoms with Crippen LogP contribution >= 0.6 is 11.3 Å². The molecular formula is C10H12F3NO2S. The molecule has 0 aliphatic rings. The molecule has 0 bridgehead atoms. The second-order valence-corrected chi connectivity index (χ2v) is 4.52. The lowest BCUT2D eigenvalue weighted by atomic mass is 10.2. The van der Waals surface area contributed by atoms with Gasteiger partial charge in [0, 0.05) is 18.5 Å². The molecule has 17 heavy (non-hydrogen) atoms. The highest BCUT2D eigenvalue weighted by Crippen LogP contribution is 2.23. The Hall–Kier alpha value is -1.08. The van der Waals surface area contributed by atoms with E-state index in [0.29, 0.717) is 9.78 Å². The molecule has 1 aromatic rings. The third-order valence-electron chi connectivity index (χ3n) is 2.20. The van der Waals surface area contributed by atoms with Crippen LogP contribution in [0.5, 0.6) is 0 Å². The average molecular weight is 267 g/mol. The average Bonchev–Trinajstić information content (AvgIpc) is 2.76. The summed E-state index contributed by atoms with van der Waals surface area (Å²) in [4.78, 5) is 12.0. The molecule has 0 unspecified atom stereocenters. The number of alkyl halides is 3. The van der Waals surface area contributed by atoms with E-state index in [9.17, 15) is 23.1 Å². The lowest BCUT2D eigenvalue weighted by Crippen LogP contribution is -2.39. The van der Waals surface area contributed by atoms with Gasteiger partial charge in [-0.15, -0.1) is 11.3 Å². The molecule has 96 valence electrons. The van der Waals surface area contributed by atoms with E-state index in [-0.39, 0.29) is 13.0 Å². The van der Waals surface area contributed by atoms with Crippen molar-refractivity contribution in [3.8, 4) is 0 Å². The number of aliphatic hydroxyl groups excluding tert-OH is 1. The minimum Gasteiger partial charge on any atom is -0.388 e. The maximum atomic E-state index is 12.0. The highest BCUT2D eigenvalue weighted by atomic mass is 32.1. The summed E-state index contributed by atoms with van der Waals surface area (Å²) in [5, 5.41) is 11.4. The fraction of sp³-hybridized carbons (Fsp3) is 0.500. The lowest BCUT2D eigenvalue weighted by molar-refractivity contribution is -0.184. The van der Waals surface area contributed by atoms with Gasteiger partial charge >= 0.3 is 12.1 Å². The first-order chi connectivity index (χ1) is 7.82. The van der Waals surface area contributed by atoms with Crippen LogP contribution in [-0.2, 0) is 4.79 Å². The second-order valence-electron chi connectivity index (χ2n) is 3.54. The summed E-state index contributed by atoms with van der Waals surface area (Å²) in [6.07, 6.45) is -5.61. The molecule has 7 heteroatoms. The van der Waals surface area contributed by atoms with E-state index < -0.39 is 18.2 Å². The molecule has 1 N–H and O–H groups in total. The van der Waals surface area contributed by atoms with Crippen molar-refractivity contribution in [3.05, 3.63) is 22.4 Å². The number of carbonyl (C=O) groups excluding carboxylic acids is 1. The fourth-order valence-corrected chi connectivity index (χ4v) is 2.00. The van der Waals surface area contributed by atoms with E-state index in [1.165, 1.54) is 11.3 Å². The molecule has 0 radical (unpaired) electrons. The molecule has 1 atom stereocenters. The standard InChI is InChI=1S/C10H12F3NO2S/c1-14(9(16)10(11,12)13)5-4-7(15)8-3-2-6-17-8/h2-3,6-7,15H,4-5H2,1H3/t7-/m0/s1. The number of halogens is 3. The van der Waals surface area contributed by atoms with Crippen molar-refractivity contribution in [2.24, 2.45) is 0 Å². The van der Waals surface area contributed by atoms with E-state index in [4.69, 9.17) is 0 Å². The number of thiophene rings is 1. The molecule has 0 saturated carbocycles. The normalized spacial score (nSPS) is 13.5. The Labute approximate surface area is 100 Å². The predicted octanol–water partition coefficient (Wildman–Crippen LogP) is 2.19. The van der Waals surface area contributed by atoms with Gasteiger partial charge in [-0.1, -0.05) is 6.07 Å². The van der Waals surface area contributed by atoms with Crippen molar-refractivity contribution in [1.82, 2.24) is 4.90 Å². The van der Waals surface area contributed by atoms with Crippen molar-refractivity contribution in [3.63, 3.8) is 0 Å². The summed E-state index contributed by atoms with van der Waals surface area (Å²) in [5.41, 5.74) is 0. The van der Waals surface area contributed by atoms with Gasteiger partial charge in [0.2, 0.25) is 0 Å². The maximum Gasteiger partial charge on any atom is 0.471 e. The first-order valence-electron chi connectivity index (χ1n) is 4.86. The number of rotatable bonds is 4. The highest BCUT2D eigenvalue weighted by molar-refractivity contribution is 7.10. The quantitative estimate of drug-likeness (QED) is 0.908. The molecule has 1 amide bonds. The lowest BCUT2D eigenvalue weighted by Gasteiger charge is -2.19. The second kappa shape index (κ2) is 5.50. The molecule has 3 nitrogen and oxygen atoms in total. The van der Waals surface area contributed by atoms with Gasteiger partial charge in [0.05, 0.1) is 6.10 Å². The summed E-state index contributed by atoms with van der Waals surface area (Å²) in [6.45, 7) is -0.141. The predicted molar refractivity (Wildman–Crippen MR) is 57.6 cm³/mol. The summed E-state index contributed by atoms with van der Waals surface area (Å²) in [7, 11) is 1.07. The van der Waals surface area contributed by atoms with Crippen molar-refractivity contribution >= 4 is 17.2 Å². The molecule has 0 aliphatic heterocycles. The van der Waals surface area contributed by atoms with Gasteiger partial charge in [-0.05, 0) is 17.9 Å². The van der Waals surface area contributed by atoms with E-state index in [0.717, 1.165) is 7.05 Å². The Kier molecular flexibility index (Phi) is 4.53. The molecule has 1 aromatic heterocycles. The zero-order valence-electron chi connectivity index (χ0n) is 9.07. The molecule has 1 rings (SSSR count). The molecular weight excluding hydrogens is 255 g/mol. The number of amides is 1. The number of hydrogen-bond donors (Lipinski definition) is 1. The van der Waals surface area contributed by atoms with Gasteiger partial charge in [-0.25, -0.2) is 0 Å². The first kappa shape index (κ1) is 14.0. The van der Waals surface area contributed by atoms with Crippen LogP contribution in [0.15, 0.2) is 17.5 Å². The van der Waals surface area contributed by atoms with Crippen molar-refractivity contribution in [2.75, 3.05) is 13.6 Å². The zero-order chi connectivity index (χ0) is 13.1. The van der Waals surface area contributed by atoms with Gasteiger partial charge in [-0.2, -0.15) is 13.2 Å². The first-order valence-corrected chi connectivity index (χ1v) is 5.74. The smallest absolute Gasteiger partial charge is 0.388 e. The van der Waals surface area contributed by atoms with Crippen LogP contribution < -0.4 is 0 Å². The SMILES string of the molecule is CN(CC[C@H](O)c1cccs1)C(=O)C(F)(F)F. The number of aliphatic hydroxyl groups is 1. The minimum atomic E-state index is -4.86. The van der Waals surface area contributed by atoms with Crippen LogP contribution in [0.4, 0.5) is 13.2 Å². The Morgan fingerprint density at radius 2 is 2.24 bits per heavy atom. The van der Waals surface area contributed by atoms with Gasteiger partial charge in [0.25, 0.3) is 0 Å². The maximum absolute atomic E-state index is 12.0. The van der Waals surface area contributed by atoms with Crippen molar-refractivity contribution < 1.29 is 23.1 Å². The van der Waals surface area contributed by atoms with Crippen LogP contribution in [-0.4, -0.2) is 35.7 Å². The monoisotopic (exact) mass is 267 g/mol. The number of nitrogens with zero attached hydrogens (tertiary/aromatic N) is 1. The van der Waals surface area contributed by atoms with E-state index >= 15 is 0 Å². The van der Waals surface area contributed by atoms with Crippen LogP contribution in [0.2, 0.25) is 0 Å². The Morgan fingerprint density at radius 1 is 1.59 bits per heavy atom. The minimum absolute atomic E-state index is 0.0822. The summed E-state index contributed by atoms with van der Waals surface area (Å²) >= 11 is 1.32. The van der Waals surface area contributed by atoms with E-state index in [1.807, 2.05) is 0 Å². The third kappa shape index (κ3) is 4.01. The summed E-state index contributed by atoms with van der Waals surface area (Å²) in [6, 6.07) is 3.44. The third-order valence-corrected chi connectivity index (χ3v) is 3.17. The van der Waals surface area contributed by atoms with Crippen LogP contribution in [0.3, 0.4) is 0 Å². The van der Waals surface area contributed by atoms with Crippen molar-refractivity contribution in [1.29, 1.82) is 0 Å². The number of hydrogen-bond acceptors (Lipinski definition) is 3. The Bertz CT molecular complexity index is 364. The molecule has 0 saturated heterocycles. The van der Waals surface area contributed by atoms with Gasteiger partial charge in [0.15, 0.2) is 0 Å². The van der Waals surface area contributed by atoms with Crippen LogP contribution in [0, 0.1) is 0 Å². The molecule has 0 spiro atoms. The summed E-state index contributed by atoms with van der Waals surface area (Å²) in [5.74, 6) is -1.89. The van der Waals surface area contributed by atoms with E-state index in [2.05, 4.69) is 0 Å². The molecule has 1 heterocycles. The summed E-state index contributed by atoms with van der Waals surface area (Å²) < 4.78 is 36.1. The fourth-order valence-electron chi connectivity index (χ4n) is 1.26. The van der Waals surface area contributed by atoms with Crippen molar-refractivity contribution in [2.45, 2.75) is 18.7 Å². The van der Waals surface area contributed by atoms with E-state index in [1.54, 1.807) is 17.5 Å². The van der Waals surface area contributed by atoms with Crippen LogP contribution in [0.25, 0.3) is 0 Å². The van der Waals surface area contributed by atoms with Gasteiger partial charge in [-0.3, -0.25) is 4.79 Å². The molecule has 0 aromatic carbocycles. The van der Waals surface area contributed by atoms with Crippen LogP contribution in [0.1, 0.15) is 17.4 Å². The molecule has 0 aliphatic carbocycles. The highest BCUT2D eigenvalue weighted by Gasteiger charge is 2.41. The Balaban J connectivity index is 2.43. The largest absolute Gasteiger partial charge is 0.471 e. The van der Waals surface area contributed by atoms with Gasteiger partial charge < -0.3 is 10.0 Å². The topological polar surface area (TPSA) is 40.5 Å². The van der Waals surface area contributed by atoms with Gasteiger partial charge in [0.1, 0.15) is 0 Å². The molecule has 0 fully saturated rings. The Morgan fingerprint density at radius 3 is 2.71 bits per heavy atom. The zero-order valence-corrected chi connectivity index (χ0v) is 9.88. The number of carbonyl (C=O) groups is 1.